The minimum absolute atomic E-state index is 0. The molecule has 0 saturated heterocycles. The van der Waals surface area contributed by atoms with Gasteiger partial charge in [-0.2, -0.15) is 0 Å². The molecule has 0 saturated carbocycles. The van der Waals surface area contributed by atoms with E-state index in [1.807, 2.05) is 12.1 Å². The van der Waals surface area contributed by atoms with Crippen LogP contribution in [0.15, 0.2) is 24.3 Å². The fraction of sp³-hybridized carbons (Fsp3) is 0.333. The van der Waals surface area contributed by atoms with Gasteiger partial charge in [-0.3, -0.25) is 0 Å². The second-order valence-corrected chi connectivity index (χ2v) is 3.09. The summed E-state index contributed by atoms with van der Waals surface area (Å²) in [4.78, 5) is 0. The van der Waals surface area contributed by atoms with E-state index in [9.17, 15) is 0 Å². The molecule has 74 valence electrons. The lowest BCUT2D eigenvalue weighted by Gasteiger charge is -2.08. The Kier molecular flexibility index (Phi) is 4.71. The highest BCUT2D eigenvalue weighted by Gasteiger charge is 2.25. The molecule has 0 fully saturated rings. The Balaban J connectivity index is 0.000000720. The van der Waals surface area contributed by atoms with Crippen molar-refractivity contribution in [2.24, 2.45) is 11.5 Å². The van der Waals surface area contributed by atoms with Gasteiger partial charge < -0.3 is 11.5 Å². The molecule has 0 aliphatic heterocycles. The van der Waals surface area contributed by atoms with Crippen LogP contribution in [0.5, 0.6) is 0 Å². The van der Waals surface area contributed by atoms with Crippen LogP contribution in [0.3, 0.4) is 0 Å². The minimum Gasteiger partial charge on any atom is -0.326 e. The predicted molar refractivity (Wildman–Crippen MR) is 59.5 cm³/mol. The summed E-state index contributed by atoms with van der Waals surface area (Å²) >= 11 is 0. The number of nitrogens with two attached hydrogens (primary N) is 2. The fourth-order valence-corrected chi connectivity index (χ4v) is 1.66. The van der Waals surface area contributed by atoms with Crippen LogP contribution in [0.4, 0.5) is 0 Å². The first kappa shape index (κ1) is 12.7. The molecule has 2 atom stereocenters. The minimum atomic E-state index is 0. The quantitative estimate of drug-likeness (QED) is 0.695. The van der Waals surface area contributed by atoms with Crippen LogP contribution < -0.4 is 11.5 Å². The van der Waals surface area contributed by atoms with Crippen molar-refractivity contribution in [1.82, 2.24) is 0 Å². The van der Waals surface area contributed by atoms with Gasteiger partial charge in [-0.05, 0) is 17.5 Å². The Morgan fingerprint density at radius 1 is 1.08 bits per heavy atom. The molecular formula is C9H14Cl2N2. The Hall–Kier alpha value is -0.280. The maximum absolute atomic E-state index is 5.86. The lowest BCUT2D eigenvalue weighted by Crippen LogP contribution is -2.30. The molecule has 0 heterocycles. The molecule has 2 rings (SSSR count). The van der Waals surface area contributed by atoms with Crippen LogP contribution in [0.25, 0.3) is 0 Å². The van der Waals surface area contributed by atoms with Gasteiger partial charge in [-0.25, -0.2) is 0 Å². The summed E-state index contributed by atoms with van der Waals surface area (Å²) in [6.45, 7) is 0. The number of fused-ring (bicyclic) bond motifs is 1. The third-order valence-corrected chi connectivity index (χ3v) is 2.33. The summed E-state index contributed by atoms with van der Waals surface area (Å²) in [5, 5.41) is 0. The van der Waals surface area contributed by atoms with Crippen LogP contribution in [0, 0.1) is 0 Å². The lowest BCUT2D eigenvalue weighted by molar-refractivity contribution is 0.593. The summed E-state index contributed by atoms with van der Waals surface area (Å²) in [6.07, 6.45) is 0.928. The molecule has 0 spiro atoms. The molecular weight excluding hydrogens is 207 g/mol. The Bertz CT molecular complexity index is 278. The molecule has 0 unspecified atom stereocenters. The van der Waals surface area contributed by atoms with Crippen LogP contribution in [-0.4, -0.2) is 6.04 Å². The highest BCUT2D eigenvalue weighted by molar-refractivity contribution is 5.85. The molecule has 1 aromatic rings. The van der Waals surface area contributed by atoms with Gasteiger partial charge in [0.05, 0.1) is 0 Å². The van der Waals surface area contributed by atoms with Crippen molar-refractivity contribution in [2.45, 2.75) is 18.5 Å². The Morgan fingerprint density at radius 3 is 2.31 bits per heavy atom. The maximum Gasteiger partial charge on any atom is 0.0454 e. The van der Waals surface area contributed by atoms with E-state index in [0.29, 0.717) is 0 Å². The highest BCUT2D eigenvalue weighted by Crippen LogP contribution is 2.27. The van der Waals surface area contributed by atoms with E-state index in [-0.39, 0.29) is 36.9 Å². The van der Waals surface area contributed by atoms with Crippen LogP contribution in [0.1, 0.15) is 17.2 Å². The number of hydrogen-bond donors (Lipinski definition) is 2. The summed E-state index contributed by atoms with van der Waals surface area (Å²) in [5.41, 5.74) is 14.2. The third kappa shape index (κ3) is 2.15. The van der Waals surface area contributed by atoms with Gasteiger partial charge in [0.25, 0.3) is 0 Å². The molecule has 0 radical (unpaired) electrons. The normalized spacial score (nSPS) is 24.2. The van der Waals surface area contributed by atoms with Gasteiger partial charge in [0, 0.05) is 12.1 Å². The largest absolute Gasteiger partial charge is 0.326 e. The van der Waals surface area contributed by atoms with E-state index in [0.717, 1.165) is 6.42 Å². The lowest BCUT2D eigenvalue weighted by atomic mass is 10.1. The van der Waals surface area contributed by atoms with E-state index in [1.54, 1.807) is 0 Å². The second kappa shape index (κ2) is 4.82. The monoisotopic (exact) mass is 220 g/mol. The first-order valence-electron chi connectivity index (χ1n) is 3.88. The van der Waals surface area contributed by atoms with Gasteiger partial charge in [0.1, 0.15) is 0 Å². The van der Waals surface area contributed by atoms with Gasteiger partial charge >= 0.3 is 0 Å². The van der Waals surface area contributed by atoms with E-state index in [1.165, 1.54) is 11.1 Å². The molecule has 1 aromatic carbocycles. The summed E-state index contributed by atoms with van der Waals surface area (Å²) in [6, 6.07) is 8.37. The Labute approximate surface area is 90.5 Å². The topological polar surface area (TPSA) is 52.0 Å². The van der Waals surface area contributed by atoms with Crippen LogP contribution in [-0.2, 0) is 6.42 Å². The zero-order chi connectivity index (χ0) is 7.84. The van der Waals surface area contributed by atoms with Gasteiger partial charge in [0.15, 0.2) is 0 Å². The molecule has 0 bridgehead atoms. The van der Waals surface area contributed by atoms with Crippen LogP contribution >= 0.6 is 24.8 Å². The third-order valence-electron chi connectivity index (χ3n) is 2.33. The highest BCUT2D eigenvalue weighted by atomic mass is 35.5. The van der Waals surface area contributed by atoms with Crippen LogP contribution in [0.2, 0.25) is 0 Å². The average molecular weight is 221 g/mol. The first-order valence-corrected chi connectivity index (χ1v) is 3.88. The molecule has 2 nitrogen and oxygen atoms in total. The molecule has 4 heteroatoms. The van der Waals surface area contributed by atoms with Crippen molar-refractivity contribution in [3.8, 4) is 0 Å². The summed E-state index contributed by atoms with van der Waals surface area (Å²) < 4.78 is 0. The van der Waals surface area contributed by atoms with E-state index >= 15 is 0 Å². The standard InChI is InChI=1S/C9H12N2.2ClH/c10-8-5-6-3-1-2-4-7(6)9(8)11;;/h1-4,8-9H,5,10-11H2;2*1H/t8-,9-;;/m1../s1. The van der Waals surface area contributed by atoms with Crippen molar-refractivity contribution in [2.75, 3.05) is 0 Å². The van der Waals surface area contributed by atoms with E-state index in [4.69, 9.17) is 11.5 Å². The molecule has 1 aliphatic rings. The smallest absolute Gasteiger partial charge is 0.0454 e. The maximum atomic E-state index is 5.86. The molecule has 0 aromatic heterocycles. The first-order chi connectivity index (χ1) is 5.29. The fourth-order valence-electron chi connectivity index (χ4n) is 1.66. The van der Waals surface area contributed by atoms with Crippen molar-refractivity contribution >= 4 is 24.8 Å². The van der Waals surface area contributed by atoms with Crippen molar-refractivity contribution in [3.05, 3.63) is 35.4 Å². The Morgan fingerprint density at radius 2 is 1.69 bits per heavy atom. The number of benzene rings is 1. The predicted octanol–water partition coefficient (Wildman–Crippen LogP) is 1.41. The number of halogens is 2. The second-order valence-electron chi connectivity index (χ2n) is 3.09. The zero-order valence-electron chi connectivity index (χ0n) is 7.14. The van der Waals surface area contributed by atoms with Gasteiger partial charge in [-0.1, -0.05) is 24.3 Å². The van der Waals surface area contributed by atoms with Gasteiger partial charge in [0.2, 0.25) is 0 Å². The molecule has 13 heavy (non-hydrogen) atoms. The number of rotatable bonds is 0. The molecule has 1 aliphatic carbocycles. The van der Waals surface area contributed by atoms with E-state index < -0.39 is 0 Å². The summed E-state index contributed by atoms with van der Waals surface area (Å²) in [7, 11) is 0. The van der Waals surface area contributed by atoms with Crippen molar-refractivity contribution < 1.29 is 0 Å². The van der Waals surface area contributed by atoms with E-state index in [2.05, 4.69) is 12.1 Å². The van der Waals surface area contributed by atoms with Crippen molar-refractivity contribution in [1.29, 1.82) is 0 Å². The summed E-state index contributed by atoms with van der Waals surface area (Å²) in [5.74, 6) is 0. The van der Waals surface area contributed by atoms with Gasteiger partial charge in [-0.15, -0.1) is 24.8 Å². The SMILES string of the molecule is Cl.Cl.N[C@@H]1Cc2ccccc2[C@H]1N. The van der Waals surface area contributed by atoms with Crippen molar-refractivity contribution in [3.63, 3.8) is 0 Å². The zero-order valence-corrected chi connectivity index (χ0v) is 8.78. The average Bonchev–Trinajstić information content (AvgIpc) is 2.30. The molecule has 0 amide bonds. The molecule has 4 N–H and O–H groups in total. The number of hydrogen-bond acceptors (Lipinski definition) is 2.